The summed E-state index contributed by atoms with van der Waals surface area (Å²) in [5.41, 5.74) is 1.41. The van der Waals surface area contributed by atoms with Crippen LogP contribution in [-0.2, 0) is 23.2 Å². The second kappa shape index (κ2) is 4.88. The van der Waals surface area contributed by atoms with Gasteiger partial charge in [0.25, 0.3) is 0 Å². The van der Waals surface area contributed by atoms with Crippen LogP contribution in [0.15, 0.2) is 24.5 Å². The molecule has 2 aromatic rings. The average Bonchev–Trinajstić information content (AvgIpc) is 3.16. The molecule has 1 aromatic heterocycles. The van der Waals surface area contributed by atoms with Crippen molar-refractivity contribution in [1.82, 2.24) is 14.8 Å². The van der Waals surface area contributed by atoms with Gasteiger partial charge in [-0.15, -0.1) is 10.2 Å². The maximum absolute atomic E-state index is 14.5. The molecule has 1 saturated carbocycles. The number of nitrogens with zero attached hydrogens (tertiary/aromatic N) is 4. The summed E-state index contributed by atoms with van der Waals surface area (Å²) in [5.74, 6) is 0.819. The van der Waals surface area contributed by atoms with Crippen LogP contribution in [0.5, 0.6) is 0 Å². The summed E-state index contributed by atoms with van der Waals surface area (Å²) < 4.78 is 16.4. The van der Waals surface area contributed by atoms with Gasteiger partial charge in [-0.3, -0.25) is 4.79 Å². The summed E-state index contributed by atoms with van der Waals surface area (Å²) in [7, 11) is 0. The predicted molar refractivity (Wildman–Crippen MR) is 86.1 cm³/mol. The van der Waals surface area contributed by atoms with Gasteiger partial charge in [0.1, 0.15) is 18.0 Å². The fourth-order valence-electron chi connectivity index (χ4n) is 4.62. The summed E-state index contributed by atoms with van der Waals surface area (Å²) in [6.45, 7) is 1.25. The molecule has 0 radical (unpaired) electrons. The molecule has 24 heavy (non-hydrogen) atoms. The van der Waals surface area contributed by atoms with Crippen molar-refractivity contribution in [1.29, 1.82) is 0 Å². The summed E-state index contributed by atoms with van der Waals surface area (Å²) in [5, 5.41) is 8.01. The lowest BCUT2D eigenvalue weighted by Gasteiger charge is -2.39. The molecule has 6 heteroatoms. The van der Waals surface area contributed by atoms with E-state index in [1.54, 1.807) is 12.4 Å². The van der Waals surface area contributed by atoms with E-state index in [0.29, 0.717) is 13.1 Å². The molecule has 1 spiro atoms. The Morgan fingerprint density at radius 2 is 2.21 bits per heavy atom. The Labute approximate surface area is 139 Å². The zero-order valence-electron chi connectivity index (χ0n) is 13.4. The number of anilines is 1. The Balaban J connectivity index is 1.48. The van der Waals surface area contributed by atoms with E-state index in [2.05, 4.69) is 10.2 Å². The Kier molecular flexibility index (Phi) is 2.87. The molecule has 3 heterocycles. The molecule has 124 valence electrons. The summed E-state index contributed by atoms with van der Waals surface area (Å²) in [6.07, 6.45) is 6.32. The van der Waals surface area contributed by atoms with E-state index in [-0.39, 0.29) is 23.1 Å². The molecular formula is C18H19FN4O. The van der Waals surface area contributed by atoms with E-state index in [1.807, 2.05) is 15.5 Å². The highest BCUT2D eigenvalue weighted by Gasteiger charge is 2.50. The maximum atomic E-state index is 14.5. The molecule has 0 bridgehead atoms. The summed E-state index contributed by atoms with van der Waals surface area (Å²) in [4.78, 5) is 15.0. The Morgan fingerprint density at radius 3 is 3.00 bits per heavy atom. The Morgan fingerprint density at radius 1 is 1.33 bits per heavy atom. The number of hydrogen-bond donors (Lipinski definition) is 0. The topological polar surface area (TPSA) is 51.0 Å². The molecule has 3 aliphatic rings. The maximum Gasteiger partial charge on any atom is 0.231 e. The van der Waals surface area contributed by atoms with Crippen molar-refractivity contribution < 1.29 is 9.18 Å². The van der Waals surface area contributed by atoms with Crippen molar-refractivity contribution in [2.75, 3.05) is 11.4 Å². The molecule has 0 saturated heterocycles. The summed E-state index contributed by atoms with van der Waals surface area (Å²) in [6, 6.07) is 5.14. The first-order valence-corrected chi connectivity index (χ1v) is 8.65. The molecule has 1 amide bonds. The molecular weight excluding hydrogens is 307 g/mol. The van der Waals surface area contributed by atoms with Gasteiger partial charge in [0, 0.05) is 30.5 Å². The van der Waals surface area contributed by atoms with Gasteiger partial charge in [-0.1, -0.05) is 12.5 Å². The number of fused-ring (bicyclic) bond motifs is 3. The third-order valence-electron chi connectivity index (χ3n) is 6.03. The third kappa shape index (κ3) is 1.82. The molecule has 1 unspecified atom stereocenters. The van der Waals surface area contributed by atoms with Crippen molar-refractivity contribution >= 4 is 11.6 Å². The quantitative estimate of drug-likeness (QED) is 0.809. The summed E-state index contributed by atoms with van der Waals surface area (Å²) >= 11 is 0. The molecule has 1 fully saturated rings. The van der Waals surface area contributed by atoms with Crippen LogP contribution in [-0.4, -0.2) is 27.2 Å². The number of benzene rings is 1. The van der Waals surface area contributed by atoms with E-state index in [1.165, 1.54) is 6.07 Å². The number of hydrogen-bond acceptors (Lipinski definition) is 3. The van der Waals surface area contributed by atoms with Gasteiger partial charge < -0.3 is 9.47 Å². The highest BCUT2D eigenvalue weighted by molar-refractivity contribution is 5.98. The van der Waals surface area contributed by atoms with Gasteiger partial charge in [-0.2, -0.15) is 0 Å². The smallest absolute Gasteiger partial charge is 0.231 e. The van der Waals surface area contributed by atoms with E-state index < -0.39 is 0 Å². The fraction of sp³-hybridized carbons (Fsp3) is 0.500. The first-order chi connectivity index (χ1) is 11.7. The average molecular weight is 326 g/mol. The highest BCUT2D eigenvalue weighted by atomic mass is 19.1. The second-order valence-electron chi connectivity index (χ2n) is 7.33. The Bertz CT molecular complexity index is 826. The Hall–Kier alpha value is -2.24. The van der Waals surface area contributed by atoms with Gasteiger partial charge in [0.05, 0.1) is 11.6 Å². The lowest BCUT2D eigenvalue weighted by atomic mass is 9.65. The van der Waals surface area contributed by atoms with Crippen LogP contribution < -0.4 is 4.90 Å². The molecule has 1 aromatic carbocycles. The fourth-order valence-corrected chi connectivity index (χ4v) is 4.62. The normalized spacial score (nSPS) is 23.7. The minimum absolute atomic E-state index is 0.0835. The van der Waals surface area contributed by atoms with Crippen molar-refractivity contribution in [3.8, 4) is 0 Å². The first-order valence-electron chi connectivity index (χ1n) is 8.65. The van der Waals surface area contributed by atoms with Crippen LogP contribution in [0.4, 0.5) is 10.1 Å². The van der Waals surface area contributed by atoms with Crippen LogP contribution in [0.1, 0.15) is 37.1 Å². The molecule has 1 aliphatic carbocycles. The zero-order valence-corrected chi connectivity index (χ0v) is 13.4. The molecule has 2 aliphatic heterocycles. The second-order valence-corrected chi connectivity index (χ2v) is 7.33. The number of halogens is 1. The SMILES string of the molecule is O=C(C1CCc2nncn2C1)N1CC2(CCC2)c2c(F)cccc21. The van der Waals surface area contributed by atoms with Gasteiger partial charge >= 0.3 is 0 Å². The molecule has 1 atom stereocenters. The number of rotatable bonds is 1. The standard InChI is InChI=1S/C18H19FN4O/c19-13-3-1-4-14-16(13)18(7-2-8-18)10-23(14)17(24)12-5-6-15-21-20-11-22(15)9-12/h1,3-4,11-12H,2,5-10H2. The van der Waals surface area contributed by atoms with E-state index in [0.717, 1.165) is 49.2 Å². The zero-order chi connectivity index (χ0) is 16.3. The number of aryl methyl sites for hydroxylation is 1. The van der Waals surface area contributed by atoms with Crippen LogP contribution in [0.3, 0.4) is 0 Å². The number of aromatic nitrogens is 3. The van der Waals surface area contributed by atoms with Crippen molar-refractivity contribution in [3.63, 3.8) is 0 Å². The minimum Gasteiger partial charge on any atom is -0.317 e. The molecule has 5 rings (SSSR count). The van der Waals surface area contributed by atoms with Gasteiger partial charge in [-0.25, -0.2) is 4.39 Å². The van der Waals surface area contributed by atoms with E-state index in [4.69, 9.17) is 0 Å². The van der Waals surface area contributed by atoms with Gasteiger partial charge in [0.15, 0.2) is 0 Å². The number of amides is 1. The van der Waals surface area contributed by atoms with Crippen LogP contribution in [0.25, 0.3) is 0 Å². The lowest BCUT2D eigenvalue weighted by molar-refractivity contribution is -0.123. The minimum atomic E-state index is -0.160. The molecule has 5 nitrogen and oxygen atoms in total. The van der Waals surface area contributed by atoms with Crippen LogP contribution in [0.2, 0.25) is 0 Å². The predicted octanol–water partition coefficient (Wildman–Crippen LogP) is 2.45. The van der Waals surface area contributed by atoms with Gasteiger partial charge in [-0.05, 0) is 31.4 Å². The largest absolute Gasteiger partial charge is 0.317 e. The number of carbonyl (C=O) groups is 1. The van der Waals surface area contributed by atoms with Gasteiger partial charge in [0.2, 0.25) is 5.91 Å². The monoisotopic (exact) mass is 326 g/mol. The van der Waals surface area contributed by atoms with Crippen LogP contribution in [0, 0.1) is 11.7 Å². The third-order valence-corrected chi connectivity index (χ3v) is 6.03. The van der Waals surface area contributed by atoms with Crippen molar-refractivity contribution in [2.45, 2.75) is 44.1 Å². The lowest BCUT2D eigenvalue weighted by Crippen LogP contribution is -2.44. The van der Waals surface area contributed by atoms with E-state index in [9.17, 15) is 9.18 Å². The van der Waals surface area contributed by atoms with Crippen molar-refractivity contribution in [2.24, 2.45) is 5.92 Å². The first kappa shape index (κ1) is 14.1. The van der Waals surface area contributed by atoms with Crippen molar-refractivity contribution in [3.05, 3.63) is 41.7 Å². The number of carbonyl (C=O) groups excluding carboxylic acids is 1. The van der Waals surface area contributed by atoms with E-state index >= 15 is 0 Å². The molecule has 0 N–H and O–H groups in total. The highest BCUT2D eigenvalue weighted by Crippen LogP contribution is 2.53. The van der Waals surface area contributed by atoms with Crippen LogP contribution >= 0.6 is 0 Å².